The average molecular weight is 616 g/mol. The first-order valence-corrected chi connectivity index (χ1v) is 14.0. The van der Waals surface area contributed by atoms with E-state index in [0.29, 0.717) is 24.2 Å². The molecule has 1 heterocycles. The van der Waals surface area contributed by atoms with Gasteiger partial charge in [-0.25, -0.2) is 0 Å². The van der Waals surface area contributed by atoms with Gasteiger partial charge in [-0.05, 0) is 16.7 Å². The minimum absolute atomic E-state index is 0.209. The van der Waals surface area contributed by atoms with Gasteiger partial charge in [-0.15, -0.1) is 0 Å². The number of carbonyl (C=O) groups is 1. The van der Waals surface area contributed by atoms with E-state index in [1.54, 1.807) is 0 Å². The zero-order valence-electron chi connectivity index (χ0n) is 20.9. The van der Waals surface area contributed by atoms with E-state index in [1.165, 1.54) is 6.92 Å². The fourth-order valence-electron chi connectivity index (χ4n) is 4.36. The molecule has 0 bridgehead atoms. The Morgan fingerprint density at radius 3 is 1.73 bits per heavy atom. The molecule has 0 aromatic heterocycles. The van der Waals surface area contributed by atoms with Crippen molar-refractivity contribution in [3.05, 3.63) is 108 Å². The number of ether oxygens (including phenoxy) is 5. The normalized spacial score (nSPS) is 23.5. The molecule has 196 valence electrons. The molecule has 1 fully saturated rings. The molecule has 7 heteroatoms. The highest BCUT2D eigenvalue weighted by atomic mass is 127. The number of carbonyl (C=O) groups excluding carboxylic acids is 1. The van der Waals surface area contributed by atoms with Crippen molar-refractivity contribution >= 4 is 28.6 Å². The lowest BCUT2D eigenvalue weighted by atomic mass is 9.91. The van der Waals surface area contributed by atoms with E-state index >= 15 is 0 Å². The predicted molar refractivity (Wildman–Crippen MR) is 149 cm³/mol. The minimum atomic E-state index is -0.753. The molecule has 1 saturated heterocycles. The second-order valence-corrected chi connectivity index (χ2v) is 9.87. The molecular weight excluding hydrogens is 583 g/mol. The summed E-state index contributed by atoms with van der Waals surface area (Å²) in [5.74, 6) is -0.603. The van der Waals surface area contributed by atoms with Crippen LogP contribution < -0.4 is 0 Å². The highest BCUT2D eigenvalue weighted by Gasteiger charge is 2.48. The number of hydrogen-bond acceptors (Lipinski definition) is 6. The molecule has 37 heavy (non-hydrogen) atoms. The van der Waals surface area contributed by atoms with Gasteiger partial charge >= 0.3 is 5.97 Å². The van der Waals surface area contributed by atoms with E-state index < -0.39 is 24.5 Å². The number of hydrogen-bond donors (Lipinski definition) is 0. The first-order chi connectivity index (χ1) is 18.1. The molecular formula is C30H33IO6. The maximum atomic E-state index is 11.9. The molecule has 0 saturated carbocycles. The summed E-state index contributed by atoms with van der Waals surface area (Å²) in [6.07, 6.45) is -2.04. The zero-order valence-corrected chi connectivity index (χ0v) is 23.1. The van der Waals surface area contributed by atoms with E-state index in [9.17, 15) is 4.79 Å². The van der Waals surface area contributed by atoms with E-state index in [1.807, 2.05) is 91.0 Å². The lowest BCUT2D eigenvalue weighted by Gasteiger charge is -2.45. The first-order valence-electron chi connectivity index (χ1n) is 12.5. The summed E-state index contributed by atoms with van der Waals surface area (Å²) >= 11 is 2.29. The summed E-state index contributed by atoms with van der Waals surface area (Å²) in [4.78, 5) is 11.9. The number of esters is 1. The van der Waals surface area contributed by atoms with Crippen LogP contribution in [0.15, 0.2) is 91.0 Å². The number of halogens is 1. The van der Waals surface area contributed by atoms with Gasteiger partial charge in [0.15, 0.2) is 0 Å². The Bertz CT molecular complexity index is 1070. The van der Waals surface area contributed by atoms with Crippen molar-refractivity contribution in [3.63, 3.8) is 0 Å². The van der Waals surface area contributed by atoms with Crippen LogP contribution in [0.4, 0.5) is 0 Å². The van der Waals surface area contributed by atoms with Crippen molar-refractivity contribution in [1.29, 1.82) is 0 Å². The van der Waals surface area contributed by atoms with Gasteiger partial charge in [-0.1, -0.05) is 114 Å². The van der Waals surface area contributed by atoms with Crippen molar-refractivity contribution in [3.8, 4) is 0 Å². The van der Waals surface area contributed by atoms with Crippen molar-refractivity contribution < 1.29 is 28.5 Å². The molecule has 6 nitrogen and oxygen atoms in total. The van der Waals surface area contributed by atoms with Gasteiger partial charge in [0, 0.05) is 11.4 Å². The predicted octanol–water partition coefficient (Wildman–Crippen LogP) is 5.71. The molecule has 3 aromatic carbocycles. The molecule has 1 aliphatic heterocycles. The Labute approximate surface area is 232 Å². The van der Waals surface area contributed by atoms with Crippen LogP contribution in [0.1, 0.15) is 23.6 Å². The Morgan fingerprint density at radius 1 is 0.757 bits per heavy atom. The monoisotopic (exact) mass is 616 g/mol. The van der Waals surface area contributed by atoms with Gasteiger partial charge in [-0.2, -0.15) is 0 Å². The van der Waals surface area contributed by atoms with Crippen LogP contribution in [-0.4, -0.2) is 41.6 Å². The smallest absolute Gasteiger partial charge is 0.304 e. The van der Waals surface area contributed by atoms with Gasteiger partial charge in [0.1, 0.15) is 12.2 Å². The summed E-state index contributed by atoms with van der Waals surface area (Å²) in [7, 11) is 0. The van der Waals surface area contributed by atoms with Gasteiger partial charge in [0.2, 0.25) is 6.29 Å². The third-order valence-electron chi connectivity index (χ3n) is 6.20. The molecule has 0 radical (unpaired) electrons. The molecule has 0 spiro atoms. The van der Waals surface area contributed by atoms with Gasteiger partial charge < -0.3 is 23.7 Å². The van der Waals surface area contributed by atoms with Crippen LogP contribution in [0, 0.1) is 5.92 Å². The molecule has 4 rings (SSSR count). The van der Waals surface area contributed by atoms with Crippen LogP contribution in [0.2, 0.25) is 0 Å². The van der Waals surface area contributed by atoms with Crippen LogP contribution in [0.25, 0.3) is 0 Å². The van der Waals surface area contributed by atoms with Crippen molar-refractivity contribution in [2.45, 2.75) is 51.3 Å². The standard InChI is InChI=1S/C30H33IO6/c1-22(32)36-30-26(17-31)28(34-19-24-13-7-3-8-14-24)29(35-20-25-15-9-4-10-16-25)27(37-30)21-33-18-23-11-5-2-6-12-23/h2-16,26-30H,17-21H2,1H3/t26-,27-,28-,29-,30+/m1/s1. The molecule has 0 unspecified atom stereocenters. The van der Waals surface area contributed by atoms with Crippen LogP contribution in [0.3, 0.4) is 0 Å². The molecule has 0 amide bonds. The van der Waals surface area contributed by atoms with E-state index in [2.05, 4.69) is 22.6 Å². The third kappa shape index (κ3) is 8.35. The summed E-state index contributed by atoms with van der Waals surface area (Å²) in [5, 5.41) is 0. The van der Waals surface area contributed by atoms with E-state index in [4.69, 9.17) is 23.7 Å². The van der Waals surface area contributed by atoms with Gasteiger partial charge in [0.05, 0.1) is 38.4 Å². The fourth-order valence-corrected chi connectivity index (χ4v) is 5.27. The summed E-state index contributed by atoms with van der Waals surface area (Å²) in [6.45, 7) is 2.92. The lowest BCUT2D eigenvalue weighted by molar-refractivity contribution is -0.292. The fraction of sp³-hybridized carbons (Fsp3) is 0.367. The third-order valence-corrected chi connectivity index (χ3v) is 7.21. The Hall–Kier alpha value is -2.30. The van der Waals surface area contributed by atoms with Gasteiger partial charge in [0.25, 0.3) is 0 Å². The SMILES string of the molecule is CC(=O)O[C@H]1O[C@H](COCc2ccccc2)[C@@H](OCc2ccccc2)[C@H](OCc2ccccc2)[C@H]1CI. The second-order valence-electron chi connectivity index (χ2n) is 8.99. The van der Waals surface area contributed by atoms with Crippen LogP contribution >= 0.6 is 22.6 Å². The molecule has 5 atom stereocenters. The molecule has 3 aromatic rings. The van der Waals surface area contributed by atoms with Crippen LogP contribution in [-0.2, 0) is 48.3 Å². The molecule has 0 N–H and O–H groups in total. The summed E-state index contributed by atoms with van der Waals surface area (Å²) in [5.41, 5.74) is 3.18. The quantitative estimate of drug-likeness (QED) is 0.148. The first kappa shape index (κ1) is 27.7. The van der Waals surface area contributed by atoms with Crippen molar-refractivity contribution in [2.24, 2.45) is 5.92 Å². The zero-order chi connectivity index (χ0) is 25.9. The lowest BCUT2D eigenvalue weighted by Crippen LogP contribution is -2.59. The highest BCUT2D eigenvalue weighted by molar-refractivity contribution is 14.1. The number of benzene rings is 3. The Morgan fingerprint density at radius 2 is 1.24 bits per heavy atom. The van der Waals surface area contributed by atoms with Crippen LogP contribution in [0.5, 0.6) is 0 Å². The highest BCUT2D eigenvalue weighted by Crippen LogP contribution is 2.34. The minimum Gasteiger partial charge on any atom is -0.435 e. The maximum Gasteiger partial charge on any atom is 0.304 e. The van der Waals surface area contributed by atoms with E-state index in [-0.39, 0.29) is 18.6 Å². The van der Waals surface area contributed by atoms with Crippen molar-refractivity contribution in [2.75, 3.05) is 11.0 Å². The summed E-state index contributed by atoms with van der Waals surface area (Å²) < 4.78 is 31.7. The second kappa shape index (κ2) is 14.6. The topological polar surface area (TPSA) is 63.2 Å². The van der Waals surface area contributed by atoms with Crippen molar-refractivity contribution in [1.82, 2.24) is 0 Å². The largest absolute Gasteiger partial charge is 0.435 e. The Balaban J connectivity index is 1.55. The Kier molecular flexibility index (Phi) is 10.9. The van der Waals surface area contributed by atoms with E-state index in [0.717, 1.165) is 16.7 Å². The molecule has 0 aliphatic carbocycles. The number of alkyl halides is 1. The maximum absolute atomic E-state index is 11.9. The summed E-state index contributed by atoms with van der Waals surface area (Å²) in [6, 6.07) is 30.0. The van der Waals surface area contributed by atoms with Gasteiger partial charge in [-0.3, -0.25) is 4.79 Å². The number of rotatable bonds is 12. The average Bonchev–Trinajstić information content (AvgIpc) is 2.92. The molecule has 1 aliphatic rings.